The van der Waals surface area contributed by atoms with Gasteiger partial charge in [0.25, 0.3) is 0 Å². The van der Waals surface area contributed by atoms with Gasteiger partial charge in [0, 0.05) is 5.39 Å². The molecule has 1 aromatic heterocycles. The highest BCUT2D eigenvalue weighted by Crippen LogP contribution is 2.35. The van der Waals surface area contributed by atoms with Gasteiger partial charge in [0.1, 0.15) is 10.7 Å². The molecule has 1 unspecified atom stereocenters. The first-order valence-electron chi connectivity index (χ1n) is 6.71. The molecule has 0 radical (unpaired) electrons. The highest BCUT2D eigenvalue weighted by Gasteiger charge is 2.13. The van der Waals surface area contributed by atoms with E-state index in [9.17, 15) is 0 Å². The Morgan fingerprint density at radius 3 is 2.81 bits per heavy atom. The van der Waals surface area contributed by atoms with E-state index < -0.39 is 0 Å². The summed E-state index contributed by atoms with van der Waals surface area (Å²) in [6.07, 6.45) is 2.08. The van der Waals surface area contributed by atoms with Crippen molar-refractivity contribution in [1.29, 1.82) is 0 Å². The molecule has 21 heavy (non-hydrogen) atoms. The van der Waals surface area contributed by atoms with Crippen LogP contribution < -0.4 is 4.74 Å². The van der Waals surface area contributed by atoms with Gasteiger partial charge in [-0.15, -0.1) is 0 Å². The molecule has 114 valence electrons. The Bertz CT molecular complexity index is 639. The minimum Gasteiger partial charge on any atom is -0.490 e. The van der Waals surface area contributed by atoms with Crippen LogP contribution in [0.3, 0.4) is 0 Å². The summed E-state index contributed by atoms with van der Waals surface area (Å²) in [5, 5.41) is 1.96. The molecule has 1 atom stereocenters. The first-order chi connectivity index (χ1) is 10.0. The molecule has 0 N–H and O–H groups in total. The lowest BCUT2D eigenvalue weighted by Crippen LogP contribution is -2.06. The van der Waals surface area contributed by atoms with Crippen LogP contribution in [0.1, 0.15) is 19.8 Å². The number of fused-ring (bicyclic) bond motifs is 1. The van der Waals surface area contributed by atoms with E-state index in [0.717, 1.165) is 38.8 Å². The van der Waals surface area contributed by atoms with Gasteiger partial charge in [-0.25, -0.2) is 4.98 Å². The second-order valence-electron chi connectivity index (χ2n) is 4.95. The van der Waals surface area contributed by atoms with E-state index in [2.05, 4.69) is 47.1 Å². The Hall–Kier alpha value is 0.0900. The average molecular weight is 456 g/mol. The normalized spacial score (nSPS) is 12.6. The molecule has 6 heteroatoms. The zero-order chi connectivity index (χ0) is 15.4. The summed E-state index contributed by atoms with van der Waals surface area (Å²) in [5.74, 6) is 2.26. The lowest BCUT2D eigenvalue weighted by Gasteiger charge is -2.14. The smallest absolute Gasteiger partial charge is 0.158 e. The molecule has 0 aliphatic carbocycles. The Kier molecular flexibility index (Phi) is 6.72. The molecule has 0 bridgehead atoms. The van der Waals surface area contributed by atoms with Crippen molar-refractivity contribution in [2.24, 2.45) is 5.92 Å². The third kappa shape index (κ3) is 4.53. The minimum atomic E-state index is 0.439. The summed E-state index contributed by atoms with van der Waals surface area (Å²) in [6.45, 7) is 2.86. The van der Waals surface area contributed by atoms with Crippen molar-refractivity contribution >= 4 is 69.3 Å². The number of thiol groups is 1. The van der Waals surface area contributed by atoms with Crippen molar-refractivity contribution in [3.05, 3.63) is 31.9 Å². The van der Waals surface area contributed by atoms with Gasteiger partial charge in [-0.1, -0.05) is 30.1 Å². The molecule has 1 heterocycles. The Labute approximate surface area is 154 Å². The highest BCUT2D eigenvalue weighted by molar-refractivity contribution is 14.1. The van der Waals surface area contributed by atoms with Gasteiger partial charge in [0.05, 0.1) is 15.2 Å². The second kappa shape index (κ2) is 8.09. The van der Waals surface area contributed by atoms with E-state index >= 15 is 0 Å². The fraction of sp³-hybridized carbons (Fsp3) is 0.400. The molecule has 2 rings (SSSR count). The van der Waals surface area contributed by atoms with E-state index in [4.69, 9.17) is 27.9 Å². The Morgan fingerprint density at radius 1 is 1.33 bits per heavy atom. The van der Waals surface area contributed by atoms with Crippen molar-refractivity contribution in [3.63, 3.8) is 0 Å². The van der Waals surface area contributed by atoms with Crippen LogP contribution in [-0.2, 0) is 0 Å². The summed E-state index contributed by atoms with van der Waals surface area (Å²) in [5.41, 5.74) is 0.723. The minimum absolute atomic E-state index is 0.439. The van der Waals surface area contributed by atoms with Crippen molar-refractivity contribution in [2.45, 2.75) is 19.8 Å². The maximum absolute atomic E-state index is 6.26. The van der Waals surface area contributed by atoms with E-state index in [1.165, 1.54) is 0 Å². The topological polar surface area (TPSA) is 22.1 Å². The molecule has 1 aromatic carbocycles. The van der Waals surface area contributed by atoms with Crippen LogP contribution in [0.15, 0.2) is 18.2 Å². The number of hydrogen-bond donors (Lipinski definition) is 1. The quantitative estimate of drug-likeness (QED) is 0.334. The summed E-state index contributed by atoms with van der Waals surface area (Å²) < 4.78 is 6.91. The van der Waals surface area contributed by atoms with Crippen molar-refractivity contribution in [3.8, 4) is 5.75 Å². The fourth-order valence-corrected chi connectivity index (χ4v) is 3.79. The number of nitrogens with zero attached hydrogens (tertiary/aromatic N) is 1. The maximum atomic E-state index is 6.26. The number of halogens is 3. The SMILES string of the molecule is CC(CCS)CCOc1c(I)cc(Cl)c2ccc(Cl)nc12. The third-order valence-electron chi connectivity index (χ3n) is 3.28. The molecule has 0 aliphatic heterocycles. The van der Waals surface area contributed by atoms with Gasteiger partial charge in [-0.3, -0.25) is 0 Å². The maximum Gasteiger partial charge on any atom is 0.158 e. The van der Waals surface area contributed by atoms with Crippen LogP contribution in [0.25, 0.3) is 10.9 Å². The van der Waals surface area contributed by atoms with Crippen LogP contribution in [-0.4, -0.2) is 17.3 Å². The first-order valence-corrected chi connectivity index (χ1v) is 9.17. The van der Waals surface area contributed by atoms with E-state index in [-0.39, 0.29) is 0 Å². The molecule has 0 amide bonds. The highest BCUT2D eigenvalue weighted by atomic mass is 127. The van der Waals surface area contributed by atoms with E-state index in [0.29, 0.717) is 22.7 Å². The summed E-state index contributed by atoms with van der Waals surface area (Å²) >= 11 is 18.7. The van der Waals surface area contributed by atoms with Crippen LogP contribution in [0.5, 0.6) is 5.75 Å². The predicted octanol–water partition coefficient (Wildman–Crippen LogP) is 5.87. The zero-order valence-corrected chi connectivity index (χ0v) is 16.1. The number of aromatic nitrogens is 1. The Balaban J connectivity index is 2.24. The average Bonchev–Trinajstić information content (AvgIpc) is 2.42. The van der Waals surface area contributed by atoms with Crippen LogP contribution >= 0.6 is 58.4 Å². The monoisotopic (exact) mass is 455 g/mol. The van der Waals surface area contributed by atoms with Crippen LogP contribution in [0.2, 0.25) is 10.2 Å². The molecule has 0 fully saturated rings. The van der Waals surface area contributed by atoms with Gasteiger partial charge in [-0.05, 0) is 65.3 Å². The fourth-order valence-electron chi connectivity index (χ4n) is 2.03. The van der Waals surface area contributed by atoms with Crippen molar-refractivity contribution in [2.75, 3.05) is 12.4 Å². The van der Waals surface area contributed by atoms with E-state index in [1.54, 1.807) is 6.07 Å². The molecule has 0 spiro atoms. The first kappa shape index (κ1) is 17.4. The van der Waals surface area contributed by atoms with Gasteiger partial charge in [0.2, 0.25) is 0 Å². The van der Waals surface area contributed by atoms with Gasteiger partial charge >= 0.3 is 0 Å². The van der Waals surface area contributed by atoms with E-state index in [1.807, 2.05) is 12.1 Å². The molecule has 0 saturated heterocycles. The van der Waals surface area contributed by atoms with Gasteiger partial charge < -0.3 is 4.74 Å². The van der Waals surface area contributed by atoms with Crippen molar-refractivity contribution in [1.82, 2.24) is 4.98 Å². The third-order valence-corrected chi connectivity index (χ3v) is 4.87. The zero-order valence-electron chi connectivity index (χ0n) is 11.6. The summed E-state index contributed by atoms with van der Waals surface area (Å²) in [6, 6.07) is 5.51. The number of benzene rings is 1. The second-order valence-corrected chi connectivity index (χ2v) is 7.36. The lowest BCUT2D eigenvalue weighted by atomic mass is 10.1. The van der Waals surface area contributed by atoms with Crippen LogP contribution in [0, 0.1) is 9.49 Å². The Morgan fingerprint density at radius 2 is 2.10 bits per heavy atom. The predicted molar refractivity (Wildman–Crippen MR) is 102 cm³/mol. The number of hydrogen-bond acceptors (Lipinski definition) is 3. The van der Waals surface area contributed by atoms with Gasteiger partial charge in [-0.2, -0.15) is 12.6 Å². The summed E-state index contributed by atoms with van der Waals surface area (Å²) in [7, 11) is 0. The number of rotatable bonds is 6. The number of ether oxygens (including phenoxy) is 1. The van der Waals surface area contributed by atoms with Crippen LogP contribution in [0.4, 0.5) is 0 Å². The molecular weight excluding hydrogens is 440 g/mol. The largest absolute Gasteiger partial charge is 0.490 e. The van der Waals surface area contributed by atoms with Gasteiger partial charge in [0.15, 0.2) is 5.75 Å². The van der Waals surface area contributed by atoms with Crippen molar-refractivity contribution < 1.29 is 4.74 Å². The number of pyridine rings is 1. The lowest BCUT2D eigenvalue weighted by molar-refractivity contribution is 0.283. The standard InChI is InChI=1S/C15H16Cl2INOS/c1-9(5-7-21)4-6-20-15-12(18)8-11(16)10-2-3-13(17)19-14(10)15/h2-3,8-9,21H,4-7H2,1H3. The molecule has 2 aromatic rings. The molecule has 0 aliphatic rings. The molecule has 2 nitrogen and oxygen atoms in total. The molecule has 0 saturated carbocycles. The summed E-state index contributed by atoms with van der Waals surface area (Å²) in [4.78, 5) is 4.37. The molecular formula is C15H16Cl2INOS.